The zero-order valence-corrected chi connectivity index (χ0v) is 20.5. The van der Waals surface area contributed by atoms with Crippen LogP contribution in [0.1, 0.15) is 23.1 Å². The maximum atomic E-state index is 13.3. The fraction of sp³-hybridized carbons (Fsp3) is 0.345. The molecule has 1 aliphatic rings. The Kier molecular flexibility index (Phi) is 9.15. The van der Waals surface area contributed by atoms with Gasteiger partial charge in [0.25, 0.3) is 0 Å². The minimum absolute atomic E-state index is 0.0862. The van der Waals surface area contributed by atoms with Crippen molar-refractivity contribution in [1.82, 2.24) is 9.80 Å². The number of para-hydroxylation sites is 1. The Labute approximate surface area is 208 Å². The average Bonchev–Trinajstić information content (AvgIpc) is 2.90. The molecule has 6 nitrogen and oxygen atoms in total. The number of nitrogens with zero attached hydrogens (tertiary/aromatic N) is 2. The van der Waals surface area contributed by atoms with E-state index in [0.717, 1.165) is 67.4 Å². The molecule has 0 aromatic heterocycles. The molecule has 35 heavy (non-hydrogen) atoms. The fourth-order valence-electron chi connectivity index (χ4n) is 4.16. The first kappa shape index (κ1) is 24.8. The van der Waals surface area contributed by atoms with Gasteiger partial charge < -0.3 is 19.7 Å². The van der Waals surface area contributed by atoms with Gasteiger partial charge in [0, 0.05) is 38.4 Å². The van der Waals surface area contributed by atoms with Crippen molar-refractivity contribution in [2.24, 2.45) is 0 Å². The van der Waals surface area contributed by atoms with Gasteiger partial charge in [-0.1, -0.05) is 60.7 Å². The van der Waals surface area contributed by atoms with Crippen LogP contribution in [0.25, 0.3) is 0 Å². The summed E-state index contributed by atoms with van der Waals surface area (Å²) in [4.78, 5) is 17.6. The molecule has 0 bridgehead atoms. The van der Waals surface area contributed by atoms with Gasteiger partial charge in [0.1, 0.15) is 12.4 Å². The number of rotatable bonds is 10. The maximum absolute atomic E-state index is 13.3. The highest BCUT2D eigenvalue weighted by molar-refractivity contribution is 5.90. The summed E-state index contributed by atoms with van der Waals surface area (Å²) in [6.45, 7) is 8.14. The normalized spacial score (nSPS) is 13.9. The van der Waals surface area contributed by atoms with Crippen molar-refractivity contribution in [2.45, 2.75) is 26.5 Å². The van der Waals surface area contributed by atoms with Crippen molar-refractivity contribution in [3.05, 3.63) is 95.6 Å². The molecule has 0 atom stereocenters. The quantitative estimate of drug-likeness (QED) is 0.432. The van der Waals surface area contributed by atoms with Crippen LogP contribution in [-0.2, 0) is 17.9 Å². The van der Waals surface area contributed by atoms with Gasteiger partial charge in [-0.15, -0.1) is 0 Å². The van der Waals surface area contributed by atoms with Gasteiger partial charge in [0.2, 0.25) is 0 Å². The van der Waals surface area contributed by atoms with Gasteiger partial charge in [0.05, 0.1) is 13.2 Å². The first-order chi connectivity index (χ1) is 17.2. The monoisotopic (exact) mass is 473 g/mol. The lowest BCUT2D eigenvalue weighted by Gasteiger charge is -2.28. The number of aryl methyl sites for hydroxylation is 1. The van der Waals surface area contributed by atoms with Gasteiger partial charge in [-0.05, 0) is 48.2 Å². The number of ether oxygens (including phenoxy) is 2. The number of urea groups is 1. The second kappa shape index (κ2) is 12.9. The molecule has 3 aromatic rings. The number of carbonyl (C=O) groups is 1. The van der Waals surface area contributed by atoms with Gasteiger partial charge in [-0.3, -0.25) is 4.90 Å². The topological polar surface area (TPSA) is 54.0 Å². The van der Waals surface area contributed by atoms with E-state index in [0.29, 0.717) is 19.7 Å². The Hall–Kier alpha value is -3.35. The van der Waals surface area contributed by atoms with Crippen molar-refractivity contribution >= 4 is 11.7 Å². The summed E-state index contributed by atoms with van der Waals surface area (Å²) < 4.78 is 11.5. The number of amides is 2. The lowest BCUT2D eigenvalue weighted by atomic mass is 10.2. The standard InChI is InChI=1S/C29H35N3O3/c1-24-9-5-6-14-28(24)30-29(33)32(16-8-15-31-17-19-34-20-18-31)22-26-12-7-13-27(21-26)35-23-25-10-3-2-4-11-25/h2-7,9-14,21H,8,15-20,22-23H2,1H3,(H,30,33). The number of carbonyl (C=O) groups excluding carboxylic acids is 1. The third-order valence-electron chi connectivity index (χ3n) is 6.20. The van der Waals surface area contributed by atoms with E-state index >= 15 is 0 Å². The van der Waals surface area contributed by atoms with Gasteiger partial charge in [0.15, 0.2) is 0 Å². The third-order valence-corrected chi connectivity index (χ3v) is 6.20. The summed E-state index contributed by atoms with van der Waals surface area (Å²) in [6, 6.07) is 25.9. The van der Waals surface area contributed by atoms with Crippen molar-refractivity contribution in [3.63, 3.8) is 0 Å². The first-order valence-corrected chi connectivity index (χ1v) is 12.3. The number of hydrogen-bond donors (Lipinski definition) is 1. The minimum atomic E-state index is -0.0862. The molecule has 0 saturated carbocycles. The minimum Gasteiger partial charge on any atom is -0.489 e. The van der Waals surface area contributed by atoms with Crippen molar-refractivity contribution in [1.29, 1.82) is 0 Å². The average molecular weight is 474 g/mol. The zero-order chi connectivity index (χ0) is 24.3. The van der Waals surface area contributed by atoms with Crippen LogP contribution in [0, 0.1) is 6.92 Å². The number of anilines is 1. The van der Waals surface area contributed by atoms with Crippen LogP contribution >= 0.6 is 0 Å². The SMILES string of the molecule is Cc1ccccc1NC(=O)N(CCCN1CCOCC1)Cc1cccc(OCc2ccccc2)c1. The van der Waals surface area contributed by atoms with Gasteiger partial charge in [-0.25, -0.2) is 4.79 Å². The Morgan fingerprint density at radius 2 is 1.71 bits per heavy atom. The molecule has 0 radical (unpaired) electrons. The van der Waals surface area contributed by atoms with Crippen LogP contribution in [-0.4, -0.2) is 55.2 Å². The second-order valence-corrected chi connectivity index (χ2v) is 8.90. The molecular formula is C29H35N3O3. The summed E-state index contributed by atoms with van der Waals surface area (Å²) in [5, 5.41) is 3.10. The molecule has 4 rings (SSSR count). The highest BCUT2D eigenvalue weighted by Gasteiger charge is 2.17. The van der Waals surface area contributed by atoms with Gasteiger partial charge in [-0.2, -0.15) is 0 Å². The molecule has 3 aromatic carbocycles. The number of benzene rings is 3. The molecule has 1 heterocycles. The van der Waals surface area contributed by atoms with Crippen molar-refractivity contribution < 1.29 is 14.3 Å². The Bertz CT molecular complexity index is 1070. The summed E-state index contributed by atoms with van der Waals surface area (Å²) in [5.41, 5.74) is 4.06. The molecule has 1 saturated heterocycles. The van der Waals surface area contributed by atoms with E-state index in [1.807, 2.05) is 78.6 Å². The van der Waals surface area contributed by atoms with Crippen LogP contribution in [0.5, 0.6) is 5.75 Å². The summed E-state index contributed by atoms with van der Waals surface area (Å²) in [5.74, 6) is 0.805. The van der Waals surface area contributed by atoms with Crippen LogP contribution in [0.4, 0.5) is 10.5 Å². The first-order valence-electron chi connectivity index (χ1n) is 12.3. The molecule has 2 amide bonds. The smallest absolute Gasteiger partial charge is 0.322 e. The van der Waals surface area contributed by atoms with E-state index < -0.39 is 0 Å². The number of hydrogen-bond acceptors (Lipinski definition) is 4. The van der Waals surface area contributed by atoms with E-state index in [2.05, 4.69) is 22.3 Å². The Morgan fingerprint density at radius 1 is 0.971 bits per heavy atom. The van der Waals surface area contributed by atoms with E-state index in [4.69, 9.17) is 9.47 Å². The highest BCUT2D eigenvalue weighted by atomic mass is 16.5. The lowest BCUT2D eigenvalue weighted by Crippen LogP contribution is -2.40. The third kappa shape index (κ3) is 7.84. The molecule has 0 aliphatic carbocycles. The predicted molar refractivity (Wildman–Crippen MR) is 140 cm³/mol. The second-order valence-electron chi connectivity index (χ2n) is 8.90. The summed E-state index contributed by atoms with van der Waals surface area (Å²) in [6.07, 6.45) is 0.908. The van der Waals surface area contributed by atoms with Crippen molar-refractivity contribution in [2.75, 3.05) is 44.7 Å². The van der Waals surface area contributed by atoms with E-state index in [9.17, 15) is 4.79 Å². The molecule has 1 aliphatic heterocycles. The number of nitrogens with one attached hydrogen (secondary N) is 1. The molecule has 0 spiro atoms. The predicted octanol–water partition coefficient (Wildman–Crippen LogP) is 5.33. The van der Waals surface area contributed by atoms with Crippen molar-refractivity contribution in [3.8, 4) is 5.75 Å². The lowest BCUT2D eigenvalue weighted by molar-refractivity contribution is 0.0365. The highest BCUT2D eigenvalue weighted by Crippen LogP contribution is 2.19. The van der Waals surface area contributed by atoms with Gasteiger partial charge >= 0.3 is 6.03 Å². The summed E-state index contributed by atoms with van der Waals surface area (Å²) >= 11 is 0. The molecular weight excluding hydrogens is 438 g/mol. The molecule has 0 unspecified atom stereocenters. The largest absolute Gasteiger partial charge is 0.489 e. The Balaban J connectivity index is 1.40. The number of morpholine rings is 1. The molecule has 1 fully saturated rings. The Morgan fingerprint density at radius 3 is 2.51 bits per heavy atom. The summed E-state index contributed by atoms with van der Waals surface area (Å²) in [7, 11) is 0. The maximum Gasteiger partial charge on any atom is 0.322 e. The van der Waals surface area contributed by atoms with Crippen LogP contribution in [0.15, 0.2) is 78.9 Å². The molecule has 6 heteroatoms. The molecule has 1 N–H and O–H groups in total. The zero-order valence-electron chi connectivity index (χ0n) is 20.5. The molecule has 184 valence electrons. The van der Waals surface area contributed by atoms with E-state index in [1.54, 1.807) is 0 Å². The van der Waals surface area contributed by atoms with Crippen LogP contribution in [0.2, 0.25) is 0 Å². The van der Waals surface area contributed by atoms with E-state index in [1.165, 1.54) is 0 Å². The fourth-order valence-corrected chi connectivity index (χ4v) is 4.16. The van der Waals surface area contributed by atoms with Crippen LogP contribution < -0.4 is 10.1 Å². The van der Waals surface area contributed by atoms with Crippen LogP contribution in [0.3, 0.4) is 0 Å². The van der Waals surface area contributed by atoms with E-state index in [-0.39, 0.29) is 6.03 Å².